The van der Waals surface area contributed by atoms with Crippen LogP contribution in [0.5, 0.6) is 0 Å². The molecule has 7 heteroatoms. The number of hydrogen-bond donors (Lipinski definition) is 0. The molecule has 3 aliphatic heterocycles. The lowest BCUT2D eigenvalue weighted by molar-refractivity contribution is -0.145. The van der Waals surface area contributed by atoms with E-state index in [1.54, 1.807) is 4.90 Å². The van der Waals surface area contributed by atoms with Gasteiger partial charge in [-0.15, -0.1) is 0 Å². The van der Waals surface area contributed by atoms with Gasteiger partial charge in [-0.25, -0.2) is 4.79 Å². The maximum atomic E-state index is 12.9. The van der Waals surface area contributed by atoms with Gasteiger partial charge in [0.15, 0.2) is 0 Å². The van der Waals surface area contributed by atoms with E-state index < -0.39 is 5.60 Å². The maximum Gasteiger partial charge on any atom is 0.320 e. The molecule has 3 aliphatic rings. The van der Waals surface area contributed by atoms with Gasteiger partial charge in [-0.2, -0.15) is 0 Å². The topological polar surface area (TPSA) is 62.3 Å². The third-order valence-corrected chi connectivity index (χ3v) is 5.31. The highest BCUT2D eigenvalue weighted by molar-refractivity contribution is 5.95. The predicted molar refractivity (Wildman–Crippen MR) is 96.1 cm³/mol. The molecule has 0 unspecified atom stereocenters. The van der Waals surface area contributed by atoms with E-state index in [1.165, 1.54) is 0 Å². The summed E-state index contributed by atoms with van der Waals surface area (Å²) in [5, 5.41) is 0. The summed E-state index contributed by atoms with van der Waals surface area (Å²) in [5.41, 5.74) is 0.164. The lowest BCUT2D eigenvalue weighted by Gasteiger charge is -2.43. The number of amides is 3. The fourth-order valence-corrected chi connectivity index (χ4v) is 3.92. The molecule has 4 rings (SSSR count). The molecule has 7 nitrogen and oxygen atoms in total. The van der Waals surface area contributed by atoms with Gasteiger partial charge in [0.25, 0.3) is 5.91 Å². The molecule has 0 aliphatic carbocycles. The van der Waals surface area contributed by atoms with Crippen LogP contribution >= 0.6 is 0 Å². The van der Waals surface area contributed by atoms with Crippen molar-refractivity contribution in [2.45, 2.75) is 18.4 Å². The summed E-state index contributed by atoms with van der Waals surface area (Å²) in [5.74, 6) is -0.0662. The minimum atomic E-state index is -0.685. The van der Waals surface area contributed by atoms with Crippen LogP contribution in [0.15, 0.2) is 30.3 Å². The second-order valence-corrected chi connectivity index (χ2v) is 7.24. The number of morpholine rings is 1. The van der Waals surface area contributed by atoms with E-state index in [2.05, 4.69) is 0 Å². The van der Waals surface area contributed by atoms with Gasteiger partial charge in [-0.3, -0.25) is 4.79 Å². The molecule has 26 heavy (non-hydrogen) atoms. The summed E-state index contributed by atoms with van der Waals surface area (Å²) in [4.78, 5) is 30.7. The first-order chi connectivity index (χ1) is 12.7. The highest BCUT2D eigenvalue weighted by Crippen LogP contribution is 2.27. The molecule has 3 saturated heterocycles. The van der Waals surface area contributed by atoms with Crippen molar-refractivity contribution in [2.24, 2.45) is 0 Å². The molecule has 1 aromatic carbocycles. The Balaban J connectivity index is 1.53. The van der Waals surface area contributed by atoms with Crippen molar-refractivity contribution >= 4 is 17.6 Å². The van der Waals surface area contributed by atoms with Gasteiger partial charge in [-0.1, -0.05) is 18.2 Å². The van der Waals surface area contributed by atoms with Gasteiger partial charge in [0, 0.05) is 25.3 Å². The molecular weight excluding hydrogens is 334 g/mol. The van der Waals surface area contributed by atoms with E-state index in [9.17, 15) is 9.59 Å². The molecule has 0 radical (unpaired) electrons. The Morgan fingerprint density at radius 2 is 1.77 bits per heavy atom. The SMILES string of the molecule is O=C(N1CCCC1)N1CCOC[C@]2(C1)CN(c1ccccc1)C(=O)CO2. The van der Waals surface area contributed by atoms with Gasteiger partial charge >= 0.3 is 6.03 Å². The summed E-state index contributed by atoms with van der Waals surface area (Å²) in [6.45, 7) is 3.90. The number of hydrogen-bond acceptors (Lipinski definition) is 4. The van der Waals surface area contributed by atoms with E-state index in [0.717, 1.165) is 31.6 Å². The van der Waals surface area contributed by atoms with E-state index in [0.29, 0.717) is 32.8 Å². The second kappa shape index (κ2) is 7.25. The second-order valence-electron chi connectivity index (χ2n) is 7.24. The summed E-state index contributed by atoms with van der Waals surface area (Å²) in [6, 6.07) is 9.65. The quantitative estimate of drug-likeness (QED) is 0.759. The standard InChI is InChI=1S/C19H25N3O4/c23-17-12-26-19(14-22(17)16-6-2-1-3-7-16)13-21(10-11-25-15-19)18(24)20-8-4-5-9-20/h1-3,6-7H,4-5,8-15H2/t19-/m0/s1. The average Bonchev–Trinajstić information content (AvgIpc) is 3.13. The number of para-hydroxylation sites is 1. The highest BCUT2D eigenvalue weighted by atomic mass is 16.6. The molecule has 3 heterocycles. The number of rotatable bonds is 1. The molecule has 0 bridgehead atoms. The number of urea groups is 1. The minimum absolute atomic E-state index is 0.00397. The first-order valence-electron chi connectivity index (χ1n) is 9.28. The number of likely N-dealkylation sites (tertiary alicyclic amines) is 1. The van der Waals surface area contributed by atoms with Gasteiger partial charge in [0.05, 0.1) is 26.3 Å². The van der Waals surface area contributed by atoms with E-state index >= 15 is 0 Å². The Hall–Kier alpha value is -2.12. The molecular formula is C19H25N3O4. The highest BCUT2D eigenvalue weighted by Gasteiger charge is 2.44. The fraction of sp³-hybridized carbons (Fsp3) is 0.579. The van der Waals surface area contributed by atoms with Crippen molar-refractivity contribution in [1.29, 1.82) is 0 Å². The number of nitrogens with zero attached hydrogens (tertiary/aromatic N) is 3. The molecule has 1 aromatic rings. The lowest BCUT2D eigenvalue weighted by atomic mass is 10.0. The van der Waals surface area contributed by atoms with Crippen LogP contribution in [0.1, 0.15) is 12.8 Å². The smallest absolute Gasteiger partial charge is 0.320 e. The predicted octanol–water partition coefficient (Wildman–Crippen LogP) is 1.34. The van der Waals surface area contributed by atoms with Gasteiger partial charge in [-0.05, 0) is 25.0 Å². The molecule has 3 fully saturated rings. The molecule has 140 valence electrons. The molecule has 1 atom stereocenters. The Morgan fingerprint density at radius 1 is 1.00 bits per heavy atom. The number of anilines is 1. The zero-order valence-corrected chi connectivity index (χ0v) is 14.9. The van der Waals surface area contributed by atoms with Crippen molar-refractivity contribution in [2.75, 3.05) is 57.4 Å². The average molecular weight is 359 g/mol. The zero-order chi connectivity index (χ0) is 18.0. The van der Waals surface area contributed by atoms with Crippen LogP contribution in [0, 0.1) is 0 Å². The van der Waals surface area contributed by atoms with Crippen LogP contribution in [0.4, 0.5) is 10.5 Å². The van der Waals surface area contributed by atoms with Crippen LogP contribution in [-0.4, -0.2) is 79.9 Å². The molecule has 3 amide bonds. The van der Waals surface area contributed by atoms with Crippen LogP contribution < -0.4 is 4.90 Å². The van der Waals surface area contributed by atoms with Crippen molar-refractivity contribution < 1.29 is 19.1 Å². The van der Waals surface area contributed by atoms with Crippen molar-refractivity contribution in [3.8, 4) is 0 Å². The Morgan fingerprint density at radius 3 is 2.54 bits per heavy atom. The minimum Gasteiger partial charge on any atom is -0.376 e. The third-order valence-electron chi connectivity index (χ3n) is 5.31. The first-order valence-corrected chi connectivity index (χ1v) is 9.28. The largest absolute Gasteiger partial charge is 0.376 e. The summed E-state index contributed by atoms with van der Waals surface area (Å²) >= 11 is 0. The van der Waals surface area contributed by atoms with Crippen molar-refractivity contribution in [3.63, 3.8) is 0 Å². The van der Waals surface area contributed by atoms with Crippen LogP contribution in [-0.2, 0) is 14.3 Å². The summed E-state index contributed by atoms with van der Waals surface area (Å²) in [6.07, 6.45) is 2.13. The Labute approximate surface area is 153 Å². The molecule has 0 aromatic heterocycles. The van der Waals surface area contributed by atoms with Crippen LogP contribution in [0.25, 0.3) is 0 Å². The zero-order valence-electron chi connectivity index (χ0n) is 14.9. The summed E-state index contributed by atoms with van der Waals surface area (Å²) < 4.78 is 11.7. The van der Waals surface area contributed by atoms with E-state index in [-0.39, 0.29) is 18.5 Å². The molecule has 0 N–H and O–H groups in total. The number of carbonyl (C=O) groups is 2. The molecule has 0 saturated carbocycles. The van der Waals surface area contributed by atoms with Crippen molar-refractivity contribution in [3.05, 3.63) is 30.3 Å². The normalized spacial score (nSPS) is 27.1. The number of ether oxygens (including phenoxy) is 2. The van der Waals surface area contributed by atoms with Crippen LogP contribution in [0.2, 0.25) is 0 Å². The monoisotopic (exact) mass is 359 g/mol. The van der Waals surface area contributed by atoms with Crippen LogP contribution in [0.3, 0.4) is 0 Å². The third kappa shape index (κ3) is 3.41. The number of carbonyl (C=O) groups excluding carboxylic acids is 2. The van der Waals surface area contributed by atoms with E-state index in [4.69, 9.17) is 9.47 Å². The maximum absolute atomic E-state index is 12.9. The lowest BCUT2D eigenvalue weighted by Crippen LogP contribution is -2.62. The number of benzene rings is 1. The van der Waals surface area contributed by atoms with Crippen molar-refractivity contribution in [1.82, 2.24) is 9.80 Å². The van der Waals surface area contributed by atoms with Gasteiger partial charge in [0.1, 0.15) is 12.2 Å². The summed E-state index contributed by atoms with van der Waals surface area (Å²) in [7, 11) is 0. The first kappa shape index (κ1) is 17.3. The van der Waals surface area contributed by atoms with E-state index in [1.807, 2.05) is 40.1 Å². The van der Waals surface area contributed by atoms with Gasteiger partial charge in [0.2, 0.25) is 0 Å². The Kier molecular flexibility index (Phi) is 4.82. The Bertz CT molecular complexity index is 662. The van der Waals surface area contributed by atoms with Gasteiger partial charge < -0.3 is 24.2 Å². The molecule has 1 spiro atoms. The fourth-order valence-electron chi connectivity index (χ4n) is 3.92.